The minimum absolute atomic E-state index is 0.0483. The zero-order valence-corrected chi connectivity index (χ0v) is 24.9. The minimum atomic E-state index is -1.35. The van der Waals surface area contributed by atoms with Gasteiger partial charge in [0.2, 0.25) is 0 Å². The zero-order chi connectivity index (χ0) is 31.7. The number of carbonyl (C=O) groups excluding carboxylic acids is 2. The van der Waals surface area contributed by atoms with Crippen LogP contribution in [0.25, 0.3) is 22.3 Å². The Morgan fingerprint density at radius 3 is 1.74 bits per heavy atom. The van der Waals surface area contributed by atoms with E-state index >= 15 is 0 Å². The molecule has 0 saturated carbocycles. The molecule has 0 spiro atoms. The molecule has 228 valence electrons. The van der Waals surface area contributed by atoms with Crippen LogP contribution in [0.4, 0.5) is 4.79 Å². The third kappa shape index (κ3) is 5.00. The Morgan fingerprint density at radius 2 is 1.17 bits per heavy atom. The van der Waals surface area contributed by atoms with Crippen LogP contribution in [-0.4, -0.2) is 35.8 Å². The summed E-state index contributed by atoms with van der Waals surface area (Å²) in [5.74, 6) is -2.02. The molecule has 0 saturated heterocycles. The van der Waals surface area contributed by atoms with E-state index in [0.717, 1.165) is 50.1 Å². The Balaban J connectivity index is 1.05. The highest BCUT2D eigenvalue weighted by molar-refractivity contribution is 5.85. The van der Waals surface area contributed by atoms with Gasteiger partial charge in [-0.3, -0.25) is 4.79 Å². The van der Waals surface area contributed by atoms with E-state index in [1.807, 2.05) is 127 Å². The molecule has 46 heavy (non-hydrogen) atoms. The number of fused-ring (bicyclic) bond motifs is 6. The van der Waals surface area contributed by atoms with Gasteiger partial charge >= 0.3 is 18.0 Å². The maximum absolute atomic E-state index is 13.6. The lowest BCUT2D eigenvalue weighted by Crippen LogP contribution is -2.42. The number of carboxylic acids is 1. The molecule has 2 aliphatic carbocycles. The molecule has 0 heterocycles. The van der Waals surface area contributed by atoms with E-state index in [-0.39, 0.29) is 25.4 Å². The highest BCUT2D eigenvalue weighted by atomic mass is 16.6. The monoisotopic (exact) mass is 609 g/mol. The van der Waals surface area contributed by atoms with E-state index < -0.39 is 29.7 Å². The zero-order valence-electron chi connectivity index (χ0n) is 24.9. The van der Waals surface area contributed by atoms with Crippen LogP contribution < -0.4 is 5.32 Å². The number of benzene rings is 5. The lowest BCUT2D eigenvalue weighted by Gasteiger charge is -2.32. The second-order valence-electron chi connectivity index (χ2n) is 11.5. The van der Waals surface area contributed by atoms with E-state index in [1.165, 1.54) is 0 Å². The van der Waals surface area contributed by atoms with Crippen LogP contribution >= 0.6 is 0 Å². The molecule has 7 rings (SSSR count). The van der Waals surface area contributed by atoms with Crippen molar-refractivity contribution in [1.82, 2.24) is 5.32 Å². The number of hydrogen-bond acceptors (Lipinski definition) is 5. The quantitative estimate of drug-likeness (QED) is 0.170. The molecule has 1 amide bonds. The van der Waals surface area contributed by atoms with Gasteiger partial charge in [-0.2, -0.15) is 0 Å². The largest absolute Gasteiger partial charge is 0.480 e. The van der Waals surface area contributed by atoms with Gasteiger partial charge in [-0.05, 0) is 39.8 Å². The van der Waals surface area contributed by atoms with Crippen molar-refractivity contribution < 1.29 is 29.0 Å². The number of esters is 1. The van der Waals surface area contributed by atoms with E-state index in [2.05, 4.69) is 5.32 Å². The smallest absolute Gasteiger partial charge is 0.407 e. The molecule has 0 radical (unpaired) electrons. The number of alkyl carbamates (subject to hydrolysis) is 1. The van der Waals surface area contributed by atoms with Crippen molar-refractivity contribution in [1.29, 1.82) is 0 Å². The van der Waals surface area contributed by atoms with Gasteiger partial charge in [-0.15, -0.1) is 0 Å². The fourth-order valence-electron chi connectivity index (χ4n) is 6.87. The van der Waals surface area contributed by atoms with Crippen LogP contribution in [0.15, 0.2) is 127 Å². The van der Waals surface area contributed by atoms with Crippen LogP contribution in [-0.2, 0) is 24.7 Å². The van der Waals surface area contributed by atoms with Crippen molar-refractivity contribution in [3.8, 4) is 22.3 Å². The van der Waals surface area contributed by atoms with Crippen LogP contribution in [0.3, 0.4) is 0 Å². The van der Waals surface area contributed by atoms with Gasteiger partial charge in [0.1, 0.15) is 12.6 Å². The fourth-order valence-corrected chi connectivity index (χ4v) is 6.87. The first-order chi connectivity index (χ1) is 22.5. The number of carboxylic acid groups (broad SMARTS) is 1. The summed E-state index contributed by atoms with van der Waals surface area (Å²) >= 11 is 0. The first-order valence-electron chi connectivity index (χ1n) is 15.3. The maximum atomic E-state index is 13.6. The summed E-state index contributed by atoms with van der Waals surface area (Å²) in [5, 5.41) is 12.4. The van der Waals surface area contributed by atoms with Crippen LogP contribution in [0, 0.1) is 0 Å². The molecule has 0 bridgehead atoms. The van der Waals surface area contributed by atoms with E-state index in [1.54, 1.807) is 0 Å². The number of rotatable bonds is 9. The van der Waals surface area contributed by atoms with Crippen LogP contribution in [0.1, 0.15) is 46.6 Å². The summed E-state index contributed by atoms with van der Waals surface area (Å²) in [6, 6.07) is 39.8. The summed E-state index contributed by atoms with van der Waals surface area (Å²) in [7, 11) is 0. The molecular weight excluding hydrogens is 578 g/mol. The predicted octanol–water partition coefficient (Wildman–Crippen LogP) is 7.27. The second kappa shape index (κ2) is 12.0. The first kappa shape index (κ1) is 29.0. The molecule has 7 heteroatoms. The third-order valence-electron chi connectivity index (χ3n) is 8.92. The van der Waals surface area contributed by atoms with E-state index in [0.29, 0.717) is 0 Å². The molecule has 0 unspecified atom stereocenters. The minimum Gasteiger partial charge on any atom is -0.480 e. The number of nitrogens with one attached hydrogen (secondary N) is 1. The second-order valence-corrected chi connectivity index (χ2v) is 11.5. The highest BCUT2D eigenvalue weighted by Gasteiger charge is 2.48. The van der Waals surface area contributed by atoms with Crippen molar-refractivity contribution in [3.63, 3.8) is 0 Å². The van der Waals surface area contributed by atoms with Gasteiger partial charge in [-0.1, -0.05) is 127 Å². The van der Waals surface area contributed by atoms with Crippen molar-refractivity contribution in [2.75, 3.05) is 6.61 Å². The molecule has 5 aromatic carbocycles. The molecule has 0 aromatic heterocycles. The SMILES string of the molecule is O=C(CC[C@H](NC(=O)OCC1c2ccccc2-c2ccccc21)C(=O)O)OC1(c2ccccc2)c2ccccc2-c2ccccc21. The Hall–Kier alpha value is -5.69. The lowest BCUT2D eigenvalue weighted by molar-refractivity contribution is -0.153. The van der Waals surface area contributed by atoms with Crippen LogP contribution in [0.5, 0.6) is 0 Å². The highest BCUT2D eigenvalue weighted by Crippen LogP contribution is 2.53. The number of aliphatic carboxylic acids is 1. The molecule has 2 aliphatic rings. The first-order valence-corrected chi connectivity index (χ1v) is 15.3. The maximum Gasteiger partial charge on any atom is 0.407 e. The van der Waals surface area contributed by atoms with Gasteiger partial charge < -0.3 is 19.9 Å². The average Bonchev–Trinajstić information content (AvgIpc) is 3.56. The van der Waals surface area contributed by atoms with Gasteiger partial charge in [0.25, 0.3) is 0 Å². The van der Waals surface area contributed by atoms with Gasteiger partial charge in [-0.25, -0.2) is 9.59 Å². The normalized spacial score (nSPS) is 14.3. The third-order valence-corrected chi connectivity index (χ3v) is 8.92. The fraction of sp³-hybridized carbons (Fsp3) is 0.154. The van der Waals surface area contributed by atoms with Gasteiger partial charge in [0.15, 0.2) is 5.60 Å². The molecule has 0 aliphatic heterocycles. The summed E-state index contributed by atoms with van der Waals surface area (Å²) in [6.07, 6.45) is -1.27. The van der Waals surface area contributed by atoms with E-state index in [9.17, 15) is 19.5 Å². The summed E-state index contributed by atoms with van der Waals surface area (Å²) < 4.78 is 11.9. The van der Waals surface area contributed by atoms with Crippen molar-refractivity contribution in [2.24, 2.45) is 0 Å². The Morgan fingerprint density at radius 1 is 0.674 bits per heavy atom. The molecule has 0 fully saturated rings. The molecule has 2 N–H and O–H groups in total. The topological polar surface area (TPSA) is 102 Å². The Kier molecular flexibility index (Phi) is 7.58. The van der Waals surface area contributed by atoms with E-state index in [4.69, 9.17) is 9.47 Å². The Labute approximate surface area is 266 Å². The number of carbonyl (C=O) groups is 3. The van der Waals surface area contributed by atoms with Crippen LogP contribution in [0.2, 0.25) is 0 Å². The van der Waals surface area contributed by atoms with Gasteiger partial charge in [0.05, 0.1) is 0 Å². The molecule has 5 aromatic rings. The van der Waals surface area contributed by atoms with Crippen molar-refractivity contribution in [2.45, 2.75) is 30.4 Å². The number of amides is 1. The standard InChI is InChI=1S/C39H31NO6/c41-36(46-39(25-12-2-1-3-13-25)33-20-10-8-18-30(33)31-19-9-11-21-34(31)39)23-22-35(37(42)43)40-38(44)45-24-32-28-16-6-4-14-26(28)27-15-5-7-17-29(27)32/h1-21,32,35H,22-24H2,(H,40,44)(H,42,43)/t35-/m0/s1. The molecule has 1 atom stereocenters. The van der Waals surface area contributed by atoms with Crippen molar-refractivity contribution in [3.05, 3.63) is 155 Å². The van der Waals surface area contributed by atoms with Crippen molar-refractivity contribution >= 4 is 18.0 Å². The lowest BCUT2D eigenvalue weighted by atomic mass is 9.84. The Bertz CT molecular complexity index is 1860. The summed E-state index contributed by atoms with van der Waals surface area (Å²) in [5.41, 5.74) is 7.48. The molecular formula is C39H31NO6. The number of hydrogen-bond donors (Lipinski definition) is 2. The summed E-state index contributed by atoms with van der Waals surface area (Å²) in [6.45, 7) is 0.0483. The molecule has 7 nitrogen and oxygen atoms in total. The average molecular weight is 610 g/mol. The predicted molar refractivity (Wildman–Crippen MR) is 173 cm³/mol. The van der Waals surface area contributed by atoms with Gasteiger partial charge in [0, 0.05) is 29.0 Å². The number of ether oxygens (including phenoxy) is 2. The summed E-state index contributed by atoms with van der Waals surface area (Å²) in [4.78, 5) is 38.6.